The molecule has 1 amide bonds. The van der Waals surface area contributed by atoms with Gasteiger partial charge < -0.3 is 25.6 Å². The minimum Gasteiger partial charge on any atom is -0.486 e. The zero-order chi connectivity index (χ0) is 24.5. The number of aliphatic hydroxyl groups is 1. The number of aliphatic hydroxyl groups excluding tert-OH is 1. The number of carbonyl (C=O) groups excluding carboxylic acids is 1. The molecule has 34 heavy (non-hydrogen) atoms. The fourth-order valence-electron chi connectivity index (χ4n) is 3.23. The quantitative estimate of drug-likeness (QED) is 0.244. The lowest BCUT2D eigenvalue weighted by Gasteiger charge is -2.34. The van der Waals surface area contributed by atoms with Crippen molar-refractivity contribution in [3.63, 3.8) is 0 Å². The van der Waals surface area contributed by atoms with E-state index in [9.17, 15) is 14.4 Å². The molecule has 0 radical (unpaired) electrons. The number of benzene rings is 1. The number of alkyl halides is 1. The fourth-order valence-corrected chi connectivity index (χ4v) is 3.23. The van der Waals surface area contributed by atoms with Crippen LogP contribution >= 0.6 is 0 Å². The van der Waals surface area contributed by atoms with E-state index in [1.165, 1.54) is 23.4 Å². The van der Waals surface area contributed by atoms with Gasteiger partial charge in [-0.05, 0) is 18.2 Å². The molecule has 0 saturated carbocycles. The van der Waals surface area contributed by atoms with E-state index in [-0.39, 0.29) is 48.4 Å². The van der Waals surface area contributed by atoms with Crippen LogP contribution in [0.2, 0.25) is 0 Å². The van der Waals surface area contributed by atoms with E-state index >= 15 is 0 Å². The van der Waals surface area contributed by atoms with Crippen LogP contribution in [0.5, 0.6) is 5.75 Å². The highest BCUT2D eigenvalue weighted by Gasteiger charge is 2.33. The Morgan fingerprint density at radius 1 is 1.50 bits per heavy atom. The smallest absolute Gasteiger partial charge is 0.254 e. The number of hydrogen-bond acceptors (Lipinski definition) is 10. The monoisotopic (exact) mass is 469 g/mol. The maximum atomic E-state index is 14.6. The molecule has 1 fully saturated rings. The number of aromatic nitrogens is 3. The summed E-state index contributed by atoms with van der Waals surface area (Å²) in [5.74, 6) is 0.192. The Balaban J connectivity index is 1.77. The second-order valence-corrected chi connectivity index (χ2v) is 7.19. The summed E-state index contributed by atoms with van der Waals surface area (Å²) in [6.07, 6.45) is 0.210. The van der Waals surface area contributed by atoms with Crippen molar-refractivity contribution >= 4 is 23.9 Å². The number of piperidine rings is 1. The van der Waals surface area contributed by atoms with Gasteiger partial charge in [0.25, 0.3) is 5.95 Å². The molecule has 0 unspecified atom stereocenters. The van der Waals surface area contributed by atoms with E-state index in [1.54, 1.807) is 6.07 Å². The Morgan fingerprint density at radius 2 is 2.32 bits per heavy atom. The maximum Gasteiger partial charge on any atom is 0.254 e. The molecule has 178 valence electrons. The molecule has 2 atom stereocenters. The summed E-state index contributed by atoms with van der Waals surface area (Å²) in [6, 6.07) is 6.72. The van der Waals surface area contributed by atoms with Gasteiger partial charge in [0.2, 0.25) is 5.91 Å². The Bertz CT molecular complexity index is 1110. The van der Waals surface area contributed by atoms with Gasteiger partial charge in [0, 0.05) is 25.1 Å². The summed E-state index contributed by atoms with van der Waals surface area (Å²) in [5, 5.41) is 26.0. The molecule has 13 heteroatoms. The van der Waals surface area contributed by atoms with Gasteiger partial charge in [-0.1, -0.05) is 6.92 Å². The van der Waals surface area contributed by atoms with Crippen molar-refractivity contribution in [3.05, 3.63) is 30.1 Å². The van der Waals surface area contributed by atoms with Gasteiger partial charge in [-0.2, -0.15) is 20.2 Å². The Morgan fingerprint density at radius 3 is 3.00 bits per heavy atom. The molecular weight excluding hydrogens is 445 g/mol. The minimum atomic E-state index is -1.46. The Labute approximate surface area is 195 Å². The van der Waals surface area contributed by atoms with Crippen molar-refractivity contribution < 1.29 is 19.0 Å². The Hall–Kier alpha value is -4.02. The van der Waals surface area contributed by atoms with Crippen LogP contribution in [0.15, 0.2) is 29.5 Å². The lowest BCUT2D eigenvalue weighted by atomic mass is 10.0. The van der Waals surface area contributed by atoms with Crippen LogP contribution in [-0.2, 0) is 4.79 Å². The normalized spacial score (nSPS) is 18.2. The number of nitrogens with one attached hydrogen (secondary N) is 3. The average Bonchev–Trinajstić information content (AvgIpc) is 2.87. The van der Waals surface area contributed by atoms with Crippen molar-refractivity contribution in [2.45, 2.75) is 25.6 Å². The standard InChI is InChI=1S/C21H24FN9O3/c1-2-27-30-18(9-24)28-21-26-12-25-20(29-21)13-3-4-16(14(7-13)8-23)34-17-5-6-31(10-15(17)22)19(33)11-32/h3-4,7,9,12,15,17,24,27,32H,2,5-6,10-11H2,1H3,(H,25,26,28,29,30)/t15-,17+/m1/s1. The lowest BCUT2D eigenvalue weighted by molar-refractivity contribution is -0.138. The number of carbonyl (C=O) groups is 1. The van der Waals surface area contributed by atoms with Gasteiger partial charge in [0.1, 0.15) is 30.9 Å². The van der Waals surface area contributed by atoms with Gasteiger partial charge in [0.15, 0.2) is 17.8 Å². The number of amidine groups is 1. The van der Waals surface area contributed by atoms with Gasteiger partial charge in [-0.15, -0.1) is 0 Å². The minimum absolute atomic E-state index is 0.0668. The predicted octanol–water partition coefficient (Wildman–Crippen LogP) is 0.514. The summed E-state index contributed by atoms with van der Waals surface area (Å²) in [7, 11) is 0. The lowest BCUT2D eigenvalue weighted by Crippen LogP contribution is -2.50. The van der Waals surface area contributed by atoms with E-state index in [4.69, 9.17) is 15.3 Å². The summed E-state index contributed by atoms with van der Waals surface area (Å²) >= 11 is 0. The van der Waals surface area contributed by atoms with Crippen molar-refractivity contribution in [1.82, 2.24) is 30.7 Å². The third-order valence-electron chi connectivity index (χ3n) is 4.92. The number of rotatable bonds is 8. The van der Waals surface area contributed by atoms with E-state index in [2.05, 4.69) is 30.8 Å². The second-order valence-electron chi connectivity index (χ2n) is 7.19. The highest BCUT2D eigenvalue weighted by atomic mass is 19.1. The molecule has 0 spiro atoms. The molecule has 1 aromatic carbocycles. The molecule has 1 aromatic heterocycles. The number of hydrogen-bond donors (Lipinski definition) is 4. The first-order valence-corrected chi connectivity index (χ1v) is 10.5. The molecule has 1 saturated heterocycles. The first-order chi connectivity index (χ1) is 16.5. The zero-order valence-corrected chi connectivity index (χ0v) is 18.4. The van der Waals surface area contributed by atoms with E-state index in [0.29, 0.717) is 12.1 Å². The second kappa shape index (κ2) is 11.7. The summed E-state index contributed by atoms with van der Waals surface area (Å²) < 4.78 is 20.3. The van der Waals surface area contributed by atoms with Gasteiger partial charge in [-0.25, -0.2) is 14.8 Å². The third kappa shape index (κ3) is 6.06. The van der Waals surface area contributed by atoms with Crippen LogP contribution in [0, 0.1) is 16.7 Å². The van der Waals surface area contributed by atoms with E-state index < -0.39 is 24.8 Å². The Kier molecular flexibility index (Phi) is 8.49. The fraction of sp³-hybridized carbons (Fsp3) is 0.381. The number of amides is 1. The molecule has 1 aliphatic rings. The number of halogens is 1. The zero-order valence-electron chi connectivity index (χ0n) is 18.4. The van der Waals surface area contributed by atoms with Crippen LogP contribution in [-0.4, -0.2) is 81.4 Å². The van der Waals surface area contributed by atoms with Gasteiger partial charge in [0.05, 0.1) is 18.3 Å². The largest absolute Gasteiger partial charge is 0.486 e. The number of likely N-dealkylation sites (tertiary alicyclic amines) is 1. The number of hydrazine groups is 1. The molecule has 1 aliphatic heterocycles. The maximum absolute atomic E-state index is 14.6. The number of aliphatic imine (C=N–C) groups is 1. The van der Waals surface area contributed by atoms with E-state index in [0.717, 1.165) is 6.21 Å². The molecule has 12 nitrogen and oxygen atoms in total. The SMILES string of the molecule is CCNN/C(C=N)=N/c1ncnc(-c2ccc(O[C@H]3CCN(C(=O)CO)C[C@H]3F)c(C#N)c2)n1. The van der Waals surface area contributed by atoms with Crippen molar-refractivity contribution in [2.75, 3.05) is 26.2 Å². The van der Waals surface area contributed by atoms with Crippen molar-refractivity contribution in [1.29, 1.82) is 10.7 Å². The first kappa shape index (κ1) is 24.6. The molecule has 2 aromatic rings. The number of nitriles is 1. The number of nitrogens with zero attached hydrogens (tertiary/aromatic N) is 6. The molecule has 4 N–H and O–H groups in total. The molecule has 0 bridgehead atoms. The van der Waals surface area contributed by atoms with Crippen LogP contribution in [0.4, 0.5) is 10.3 Å². The molecule has 0 aliphatic carbocycles. The molecular formula is C21H24FN9O3. The van der Waals surface area contributed by atoms with Crippen molar-refractivity contribution in [2.24, 2.45) is 4.99 Å². The van der Waals surface area contributed by atoms with Crippen LogP contribution in [0.1, 0.15) is 18.9 Å². The number of ether oxygens (including phenoxy) is 1. The topological polar surface area (TPSA) is 172 Å². The van der Waals surface area contributed by atoms with Crippen LogP contribution < -0.4 is 15.6 Å². The van der Waals surface area contributed by atoms with Gasteiger partial charge >= 0.3 is 0 Å². The average molecular weight is 469 g/mol. The summed E-state index contributed by atoms with van der Waals surface area (Å²) in [4.78, 5) is 29.3. The molecule has 3 rings (SSSR count). The summed E-state index contributed by atoms with van der Waals surface area (Å²) in [5.41, 5.74) is 6.23. The highest BCUT2D eigenvalue weighted by molar-refractivity contribution is 6.28. The van der Waals surface area contributed by atoms with Crippen LogP contribution in [0.25, 0.3) is 11.4 Å². The van der Waals surface area contributed by atoms with Gasteiger partial charge in [-0.3, -0.25) is 4.79 Å². The van der Waals surface area contributed by atoms with Crippen LogP contribution in [0.3, 0.4) is 0 Å². The molecule has 2 heterocycles. The summed E-state index contributed by atoms with van der Waals surface area (Å²) in [6.45, 7) is 1.89. The van der Waals surface area contributed by atoms with Crippen molar-refractivity contribution in [3.8, 4) is 23.2 Å². The predicted molar refractivity (Wildman–Crippen MR) is 120 cm³/mol. The van der Waals surface area contributed by atoms with E-state index in [1.807, 2.05) is 13.0 Å². The third-order valence-corrected chi connectivity index (χ3v) is 4.92. The first-order valence-electron chi connectivity index (χ1n) is 10.5. The highest BCUT2D eigenvalue weighted by Crippen LogP contribution is 2.28.